The number of nitriles is 1. The minimum atomic E-state index is 0.116. The molecule has 1 heterocycles. The smallest absolute Gasteiger partial charge is 0.246 e. The van der Waals surface area contributed by atoms with Gasteiger partial charge in [-0.15, -0.1) is 0 Å². The summed E-state index contributed by atoms with van der Waals surface area (Å²) in [6.45, 7) is 0. The summed E-state index contributed by atoms with van der Waals surface area (Å²) in [4.78, 5) is 4.02. The molecule has 86 valence electrons. The van der Waals surface area contributed by atoms with Crippen LogP contribution in [0.1, 0.15) is 5.69 Å². The summed E-state index contributed by atoms with van der Waals surface area (Å²) in [5, 5.41) is 8.82. The molecule has 0 aliphatic rings. The minimum absolute atomic E-state index is 0.116. The number of nitrogen functional groups attached to an aromatic ring is 1. The summed E-state index contributed by atoms with van der Waals surface area (Å²) in [6.07, 6.45) is 0. The highest BCUT2D eigenvalue weighted by Gasteiger charge is 2.13. The van der Waals surface area contributed by atoms with E-state index >= 15 is 0 Å². The van der Waals surface area contributed by atoms with E-state index in [2.05, 4.69) is 10.4 Å². The van der Waals surface area contributed by atoms with Crippen LogP contribution < -0.4 is 16.0 Å². The number of nitrogens with one attached hydrogen (secondary N) is 1. The monoisotopic (exact) mass is 230 g/mol. The third kappa shape index (κ3) is 2.04. The Morgan fingerprint density at radius 1 is 1.53 bits per heavy atom. The van der Waals surface area contributed by atoms with Crippen molar-refractivity contribution in [1.29, 1.82) is 5.26 Å². The lowest BCUT2D eigenvalue weighted by molar-refractivity contribution is 0.415. The second-order valence-electron chi connectivity index (χ2n) is 3.18. The predicted molar refractivity (Wildman–Crippen MR) is 61.0 cm³/mol. The summed E-state index contributed by atoms with van der Waals surface area (Å²) in [7, 11) is 1.57. The first kappa shape index (κ1) is 11.0. The second-order valence-corrected chi connectivity index (χ2v) is 3.18. The van der Waals surface area contributed by atoms with Gasteiger partial charge in [-0.1, -0.05) is 6.07 Å². The van der Waals surface area contributed by atoms with E-state index in [0.717, 1.165) is 0 Å². The van der Waals surface area contributed by atoms with E-state index in [-0.39, 0.29) is 11.6 Å². The van der Waals surface area contributed by atoms with Crippen LogP contribution in [0.3, 0.4) is 0 Å². The van der Waals surface area contributed by atoms with Gasteiger partial charge in [0, 0.05) is 5.56 Å². The molecule has 0 aliphatic heterocycles. The normalized spacial score (nSPS) is 9.71. The molecule has 0 atom stereocenters. The summed E-state index contributed by atoms with van der Waals surface area (Å²) in [6, 6.07) is 9.06. The molecule has 6 heteroatoms. The van der Waals surface area contributed by atoms with Gasteiger partial charge in [-0.05, 0) is 18.2 Å². The molecule has 1 aromatic carbocycles. The van der Waals surface area contributed by atoms with E-state index in [9.17, 15) is 0 Å². The van der Waals surface area contributed by atoms with Gasteiger partial charge in [0.15, 0.2) is 0 Å². The van der Waals surface area contributed by atoms with Crippen molar-refractivity contribution in [3.63, 3.8) is 0 Å². The van der Waals surface area contributed by atoms with Crippen molar-refractivity contribution < 1.29 is 9.15 Å². The second kappa shape index (κ2) is 4.55. The number of hydrogen-bond acceptors (Lipinski definition) is 6. The Morgan fingerprint density at radius 3 is 2.94 bits per heavy atom. The number of oxazole rings is 1. The van der Waals surface area contributed by atoms with Gasteiger partial charge in [-0.3, -0.25) is 5.43 Å². The Bertz CT molecular complexity index is 571. The standard InChI is InChI=1S/C11H10N4O2/c1-16-8-4-2-3-7(5-8)10-14-9(6-12)11(15-13)17-10/h2-5,15H,13H2,1H3. The summed E-state index contributed by atoms with van der Waals surface area (Å²) in [5.41, 5.74) is 3.11. The molecule has 2 aromatic rings. The minimum Gasteiger partial charge on any atom is -0.497 e. The van der Waals surface area contributed by atoms with Gasteiger partial charge in [0.2, 0.25) is 17.5 Å². The molecular weight excluding hydrogens is 220 g/mol. The maximum atomic E-state index is 8.82. The first-order valence-corrected chi connectivity index (χ1v) is 4.80. The zero-order valence-corrected chi connectivity index (χ0v) is 9.10. The maximum absolute atomic E-state index is 8.82. The summed E-state index contributed by atoms with van der Waals surface area (Å²) < 4.78 is 10.4. The molecule has 0 saturated heterocycles. The van der Waals surface area contributed by atoms with E-state index in [0.29, 0.717) is 17.2 Å². The quantitative estimate of drug-likeness (QED) is 0.612. The van der Waals surface area contributed by atoms with Gasteiger partial charge in [0.05, 0.1) is 7.11 Å². The average Bonchev–Trinajstić information content (AvgIpc) is 2.82. The van der Waals surface area contributed by atoms with Gasteiger partial charge >= 0.3 is 0 Å². The molecule has 1 aromatic heterocycles. The number of nitrogens with two attached hydrogens (primary N) is 1. The molecule has 0 amide bonds. The number of nitrogens with zero attached hydrogens (tertiary/aromatic N) is 2. The molecule has 2 rings (SSSR count). The first-order chi connectivity index (χ1) is 8.28. The van der Waals surface area contributed by atoms with Crippen LogP contribution in [0, 0.1) is 11.3 Å². The van der Waals surface area contributed by atoms with E-state index in [1.54, 1.807) is 31.4 Å². The fraction of sp³-hybridized carbons (Fsp3) is 0.0909. The summed E-state index contributed by atoms with van der Waals surface area (Å²) >= 11 is 0. The summed E-state index contributed by atoms with van der Waals surface area (Å²) in [5.74, 6) is 6.35. The number of anilines is 1. The van der Waals surface area contributed by atoms with Crippen LogP contribution in [-0.4, -0.2) is 12.1 Å². The van der Waals surface area contributed by atoms with Crippen LogP contribution in [0.4, 0.5) is 5.88 Å². The number of aromatic nitrogens is 1. The molecule has 0 bridgehead atoms. The first-order valence-electron chi connectivity index (χ1n) is 4.80. The Balaban J connectivity index is 2.46. The van der Waals surface area contributed by atoms with Crippen molar-refractivity contribution in [2.24, 2.45) is 5.84 Å². The Labute approximate surface area is 97.6 Å². The molecule has 3 N–H and O–H groups in total. The lowest BCUT2D eigenvalue weighted by Crippen LogP contribution is -2.06. The predicted octanol–water partition coefficient (Wildman–Crippen LogP) is 1.51. The molecule has 0 spiro atoms. The van der Waals surface area contributed by atoms with E-state index in [1.165, 1.54) is 0 Å². The van der Waals surface area contributed by atoms with Crippen LogP contribution in [-0.2, 0) is 0 Å². The fourth-order valence-electron chi connectivity index (χ4n) is 1.37. The number of ether oxygens (including phenoxy) is 1. The number of methoxy groups -OCH3 is 1. The molecule has 0 fully saturated rings. The lowest BCUT2D eigenvalue weighted by Gasteiger charge is -2.00. The number of hydrogen-bond donors (Lipinski definition) is 2. The molecule has 0 radical (unpaired) electrons. The van der Waals surface area contributed by atoms with Crippen molar-refractivity contribution in [2.45, 2.75) is 0 Å². The third-order valence-corrected chi connectivity index (χ3v) is 2.18. The molecule has 17 heavy (non-hydrogen) atoms. The number of rotatable bonds is 3. The van der Waals surface area contributed by atoms with E-state index in [4.69, 9.17) is 20.3 Å². The van der Waals surface area contributed by atoms with Crippen molar-refractivity contribution in [1.82, 2.24) is 4.98 Å². The van der Waals surface area contributed by atoms with Crippen molar-refractivity contribution in [2.75, 3.05) is 12.5 Å². The highest BCUT2D eigenvalue weighted by Crippen LogP contribution is 2.26. The Hall–Kier alpha value is -2.52. The number of hydrazine groups is 1. The van der Waals surface area contributed by atoms with Crippen LogP contribution in [0.5, 0.6) is 5.75 Å². The van der Waals surface area contributed by atoms with Crippen molar-refractivity contribution in [3.8, 4) is 23.3 Å². The largest absolute Gasteiger partial charge is 0.497 e. The highest BCUT2D eigenvalue weighted by atomic mass is 16.5. The van der Waals surface area contributed by atoms with Crippen molar-refractivity contribution >= 4 is 5.88 Å². The molecule has 6 nitrogen and oxygen atoms in total. The van der Waals surface area contributed by atoms with Crippen LogP contribution in [0.15, 0.2) is 28.7 Å². The Kier molecular flexibility index (Phi) is 2.94. The van der Waals surface area contributed by atoms with Gasteiger partial charge in [0.25, 0.3) is 0 Å². The van der Waals surface area contributed by atoms with E-state index < -0.39 is 0 Å². The van der Waals surface area contributed by atoms with E-state index in [1.807, 2.05) is 6.07 Å². The van der Waals surface area contributed by atoms with Crippen LogP contribution in [0.2, 0.25) is 0 Å². The number of benzene rings is 1. The highest BCUT2D eigenvalue weighted by molar-refractivity contribution is 5.60. The molecular formula is C11H10N4O2. The average molecular weight is 230 g/mol. The zero-order chi connectivity index (χ0) is 12.3. The van der Waals surface area contributed by atoms with Gasteiger partial charge in [-0.2, -0.15) is 10.2 Å². The molecule has 0 aliphatic carbocycles. The van der Waals surface area contributed by atoms with Crippen molar-refractivity contribution in [3.05, 3.63) is 30.0 Å². The lowest BCUT2D eigenvalue weighted by atomic mass is 10.2. The van der Waals surface area contributed by atoms with Crippen LogP contribution >= 0.6 is 0 Å². The Morgan fingerprint density at radius 2 is 2.35 bits per heavy atom. The zero-order valence-electron chi connectivity index (χ0n) is 9.10. The maximum Gasteiger partial charge on any atom is 0.246 e. The topological polar surface area (TPSA) is 97.1 Å². The SMILES string of the molecule is COc1cccc(-c2nc(C#N)c(NN)o2)c1. The van der Waals surface area contributed by atoms with Crippen LogP contribution in [0.25, 0.3) is 11.5 Å². The van der Waals surface area contributed by atoms with Gasteiger partial charge < -0.3 is 9.15 Å². The molecule has 0 unspecified atom stereocenters. The molecule has 0 saturated carbocycles. The third-order valence-electron chi connectivity index (χ3n) is 2.18. The van der Waals surface area contributed by atoms with Gasteiger partial charge in [-0.25, -0.2) is 5.84 Å². The van der Waals surface area contributed by atoms with Gasteiger partial charge in [0.1, 0.15) is 11.8 Å². The fourth-order valence-corrected chi connectivity index (χ4v) is 1.37.